The van der Waals surface area contributed by atoms with Gasteiger partial charge in [-0.3, -0.25) is 4.79 Å². The van der Waals surface area contributed by atoms with Gasteiger partial charge < -0.3 is 14.8 Å². The van der Waals surface area contributed by atoms with Gasteiger partial charge in [-0.25, -0.2) is 4.98 Å². The Bertz CT molecular complexity index is 883. The molecule has 1 aromatic carbocycles. The van der Waals surface area contributed by atoms with Crippen LogP contribution < -0.4 is 14.8 Å². The van der Waals surface area contributed by atoms with Crippen molar-refractivity contribution < 1.29 is 14.3 Å². The lowest BCUT2D eigenvalue weighted by molar-refractivity contribution is -0.119. The van der Waals surface area contributed by atoms with E-state index < -0.39 is 0 Å². The second-order valence-corrected chi connectivity index (χ2v) is 7.67. The molecule has 1 heterocycles. The molecule has 0 spiro atoms. The minimum atomic E-state index is -0.0911. The number of halogens is 2. The molecule has 1 saturated carbocycles. The van der Waals surface area contributed by atoms with Gasteiger partial charge in [0, 0.05) is 25.2 Å². The van der Waals surface area contributed by atoms with Gasteiger partial charge in [-0.05, 0) is 49.4 Å². The van der Waals surface area contributed by atoms with E-state index in [9.17, 15) is 4.79 Å². The van der Waals surface area contributed by atoms with Crippen molar-refractivity contribution in [2.45, 2.75) is 46.6 Å². The smallest absolute Gasteiger partial charge is 0.238 e. The first-order chi connectivity index (χ1) is 14.4. The Balaban J connectivity index is 0.00000155. The molecular weight excluding hydrogens is 423 g/mol. The summed E-state index contributed by atoms with van der Waals surface area (Å²) in [6, 6.07) is 6.94. The van der Waals surface area contributed by atoms with E-state index in [4.69, 9.17) is 32.7 Å². The van der Waals surface area contributed by atoms with Crippen LogP contribution in [-0.4, -0.2) is 23.5 Å². The average Bonchev–Trinajstić information content (AvgIpc) is 3.54. The Morgan fingerprint density at radius 2 is 2.00 bits per heavy atom. The minimum Gasteiger partial charge on any atom is -0.493 e. The van der Waals surface area contributed by atoms with E-state index in [1.54, 1.807) is 24.4 Å². The maximum atomic E-state index is 11.0. The topological polar surface area (TPSA) is 60.5 Å². The highest BCUT2D eigenvalue weighted by molar-refractivity contribution is 6.32. The highest BCUT2D eigenvalue weighted by Gasteiger charge is 2.22. The molecule has 0 bridgehead atoms. The van der Waals surface area contributed by atoms with Crippen LogP contribution in [0.25, 0.3) is 6.08 Å². The van der Waals surface area contributed by atoms with Crippen LogP contribution in [-0.2, 0) is 4.79 Å². The van der Waals surface area contributed by atoms with Crippen LogP contribution in [0.5, 0.6) is 17.4 Å². The molecule has 3 rings (SSSR count). The maximum absolute atomic E-state index is 11.0. The summed E-state index contributed by atoms with van der Waals surface area (Å²) in [7, 11) is 0. The third-order valence-electron chi connectivity index (χ3n) is 4.13. The van der Waals surface area contributed by atoms with E-state index >= 15 is 0 Å². The summed E-state index contributed by atoms with van der Waals surface area (Å²) < 4.78 is 11.5. The molecule has 0 saturated heterocycles. The van der Waals surface area contributed by atoms with Crippen molar-refractivity contribution in [3.8, 4) is 17.4 Å². The molecule has 1 amide bonds. The standard InChI is InChI=1S/C21H22Cl2N2O3.C2H6/c1-13(25-14(2)26)3-4-16-9-19(23)21(24-11-16)28-20-8-7-17(10-18(20)22)27-12-15-5-6-15;1-2/h3-4,7-11,13,15H,5-6,12H2,1-2H3,(H,25,26);1-2H3/b4-3+;/t13-;/m0./s1. The number of carbonyl (C=O) groups excluding carboxylic acids is 1. The number of amides is 1. The zero-order valence-corrected chi connectivity index (χ0v) is 19.3. The summed E-state index contributed by atoms with van der Waals surface area (Å²) in [6.07, 6.45) is 7.79. The number of aromatic nitrogens is 1. The lowest BCUT2D eigenvalue weighted by Crippen LogP contribution is -2.28. The maximum Gasteiger partial charge on any atom is 0.238 e. The van der Waals surface area contributed by atoms with Gasteiger partial charge in [0.05, 0.1) is 11.6 Å². The number of nitrogens with one attached hydrogen (secondary N) is 1. The van der Waals surface area contributed by atoms with Crippen LogP contribution >= 0.6 is 23.2 Å². The normalized spacial score (nSPS) is 13.9. The fourth-order valence-corrected chi connectivity index (χ4v) is 2.91. The van der Waals surface area contributed by atoms with Crippen molar-refractivity contribution in [2.75, 3.05) is 6.61 Å². The zero-order valence-electron chi connectivity index (χ0n) is 17.7. The number of hydrogen-bond donors (Lipinski definition) is 1. The molecule has 162 valence electrons. The monoisotopic (exact) mass is 450 g/mol. The predicted molar refractivity (Wildman–Crippen MR) is 123 cm³/mol. The summed E-state index contributed by atoms with van der Waals surface area (Å²) in [5.41, 5.74) is 0.796. The molecule has 1 fully saturated rings. The largest absolute Gasteiger partial charge is 0.493 e. The fourth-order valence-electron chi connectivity index (χ4n) is 2.49. The highest BCUT2D eigenvalue weighted by atomic mass is 35.5. The summed E-state index contributed by atoms with van der Waals surface area (Å²) >= 11 is 12.6. The van der Waals surface area contributed by atoms with Crippen molar-refractivity contribution in [3.05, 3.63) is 52.1 Å². The van der Waals surface area contributed by atoms with Crippen LogP contribution in [0.4, 0.5) is 0 Å². The Hall–Kier alpha value is -2.24. The molecule has 1 aliphatic rings. The van der Waals surface area contributed by atoms with E-state index in [1.165, 1.54) is 19.8 Å². The van der Waals surface area contributed by atoms with Crippen LogP contribution in [0.1, 0.15) is 46.1 Å². The van der Waals surface area contributed by atoms with Gasteiger partial charge in [0.2, 0.25) is 11.8 Å². The van der Waals surface area contributed by atoms with Crippen molar-refractivity contribution >= 4 is 35.2 Å². The first kappa shape index (κ1) is 24.0. The van der Waals surface area contributed by atoms with E-state index in [1.807, 2.05) is 39.0 Å². The fraction of sp³-hybridized carbons (Fsp3) is 0.391. The van der Waals surface area contributed by atoms with Crippen molar-refractivity contribution in [1.29, 1.82) is 0 Å². The molecule has 7 heteroatoms. The predicted octanol–water partition coefficient (Wildman–Crippen LogP) is 6.53. The van der Waals surface area contributed by atoms with Gasteiger partial charge in [-0.1, -0.05) is 49.2 Å². The first-order valence-electron chi connectivity index (χ1n) is 10.1. The third kappa shape index (κ3) is 7.88. The molecule has 2 aromatic rings. The number of ether oxygens (including phenoxy) is 2. The van der Waals surface area contributed by atoms with Crippen molar-refractivity contribution in [3.63, 3.8) is 0 Å². The van der Waals surface area contributed by atoms with Crippen LogP contribution in [0.3, 0.4) is 0 Å². The minimum absolute atomic E-state index is 0.0853. The van der Waals surface area contributed by atoms with E-state index in [0.717, 1.165) is 17.9 Å². The summed E-state index contributed by atoms with van der Waals surface area (Å²) in [4.78, 5) is 15.3. The van der Waals surface area contributed by atoms with Gasteiger partial charge in [0.1, 0.15) is 16.5 Å². The molecule has 1 N–H and O–H groups in total. The van der Waals surface area contributed by atoms with Gasteiger partial charge in [-0.2, -0.15) is 0 Å². The van der Waals surface area contributed by atoms with Crippen LogP contribution in [0, 0.1) is 5.92 Å². The Morgan fingerprint density at radius 3 is 2.60 bits per heavy atom. The molecule has 5 nitrogen and oxygen atoms in total. The molecule has 1 aromatic heterocycles. The first-order valence-corrected chi connectivity index (χ1v) is 10.9. The number of benzene rings is 1. The van der Waals surface area contributed by atoms with Gasteiger partial charge in [0.15, 0.2) is 0 Å². The van der Waals surface area contributed by atoms with Gasteiger partial charge in [0.25, 0.3) is 0 Å². The van der Waals surface area contributed by atoms with E-state index in [2.05, 4.69) is 10.3 Å². The molecular formula is C23H28Cl2N2O3. The Kier molecular flexibility index (Phi) is 9.47. The van der Waals surface area contributed by atoms with Crippen LogP contribution in [0.2, 0.25) is 10.0 Å². The Morgan fingerprint density at radius 1 is 1.27 bits per heavy atom. The lowest BCUT2D eigenvalue weighted by Gasteiger charge is -2.11. The summed E-state index contributed by atoms with van der Waals surface area (Å²) in [5, 5.41) is 3.56. The quantitative estimate of drug-likeness (QED) is 0.496. The molecule has 0 aliphatic heterocycles. The molecule has 1 aliphatic carbocycles. The number of nitrogens with zero attached hydrogens (tertiary/aromatic N) is 1. The van der Waals surface area contributed by atoms with Gasteiger partial charge in [-0.15, -0.1) is 0 Å². The SMILES string of the molecule is CC.CC(=O)N[C@@H](C)/C=C/c1cnc(Oc2ccc(OCC3CC3)cc2Cl)c(Cl)c1. The second kappa shape index (κ2) is 11.8. The number of rotatable bonds is 8. The summed E-state index contributed by atoms with van der Waals surface area (Å²) in [5.74, 6) is 2.03. The zero-order chi connectivity index (χ0) is 22.1. The van der Waals surface area contributed by atoms with E-state index in [-0.39, 0.29) is 17.8 Å². The van der Waals surface area contributed by atoms with Crippen molar-refractivity contribution in [2.24, 2.45) is 5.92 Å². The number of pyridine rings is 1. The number of hydrogen-bond acceptors (Lipinski definition) is 4. The number of carbonyl (C=O) groups is 1. The Labute approximate surface area is 188 Å². The average molecular weight is 451 g/mol. The second-order valence-electron chi connectivity index (χ2n) is 6.85. The molecule has 0 radical (unpaired) electrons. The third-order valence-corrected chi connectivity index (χ3v) is 4.70. The lowest BCUT2D eigenvalue weighted by atomic mass is 10.2. The van der Waals surface area contributed by atoms with E-state index in [0.29, 0.717) is 21.7 Å². The van der Waals surface area contributed by atoms with Crippen molar-refractivity contribution in [1.82, 2.24) is 10.3 Å². The molecule has 0 unspecified atom stereocenters. The van der Waals surface area contributed by atoms with Gasteiger partial charge >= 0.3 is 0 Å². The highest BCUT2D eigenvalue weighted by Crippen LogP contribution is 2.35. The molecule has 1 atom stereocenters. The molecule has 30 heavy (non-hydrogen) atoms. The van der Waals surface area contributed by atoms with Crippen LogP contribution in [0.15, 0.2) is 36.5 Å². The summed E-state index contributed by atoms with van der Waals surface area (Å²) in [6.45, 7) is 8.08.